The third kappa shape index (κ3) is 2.93. The normalized spacial score (nSPS) is 17.9. The smallest absolute Gasteiger partial charge is 0.263 e. The van der Waals surface area contributed by atoms with Crippen LogP contribution in [-0.2, 0) is 0 Å². The number of hydrogen-bond donors (Lipinski definition) is 0. The number of aryl methyl sites for hydroxylation is 1. The average Bonchev–Trinajstić information content (AvgIpc) is 2.84. The Hall–Kier alpha value is -0.870. The zero-order chi connectivity index (χ0) is 13.1. The lowest BCUT2D eigenvalue weighted by Crippen LogP contribution is -2.45. The molecule has 0 aliphatic carbocycles. The fourth-order valence-corrected chi connectivity index (χ4v) is 3.36. The molecule has 100 valence electrons. The average molecular weight is 266 g/mol. The van der Waals surface area contributed by atoms with Crippen molar-refractivity contribution in [1.29, 1.82) is 0 Å². The standard InChI is InChI=1S/C14H22N2OS/c1-4-16-9-7-12(8-10-16)15(3)14(17)13-6-5-11(2)18-13/h5-6,12H,4,7-10H2,1-3H3. The second-order valence-electron chi connectivity index (χ2n) is 4.99. The van der Waals surface area contributed by atoms with E-state index in [1.807, 2.05) is 31.0 Å². The van der Waals surface area contributed by atoms with Crippen molar-refractivity contribution in [3.63, 3.8) is 0 Å². The minimum Gasteiger partial charge on any atom is -0.338 e. The van der Waals surface area contributed by atoms with E-state index in [1.165, 1.54) is 4.88 Å². The highest BCUT2D eigenvalue weighted by Crippen LogP contribution is 2.21. The van der Waals surface area contributed by atoms with E-state index in [0.717, 1.165) is 37.4 Å². The van der Waals surface area contributed by atoms with Crippen LogP contribution in [0.2, 0.25) is 0 Å². The number of carbonyl (C=O) groups excluding carboxylic acids is 1. The van der Waals surface area contributed by atoms with E-state index in [9.17, 15) is 4.79 Å². The van der Waals surface area contributed by atoms with Gasteiger partial charge in [-0.15, -0.1) is 11.3 Å². The van der Waals surface area contributed by atoms with Gasteiger partial charge in [-0.25, -0.2) is 0 Å². The van der Waals surface area contributed by atoms with Gasteiger partial charge in [-0.1, -0.05) is 6.92 Å². The molecule has 3 nitrogen and oxygen atoms in total. The Labute approximate surface area is 113 Å². The Kier molecular flexibility index (Phi) is 4.40. The minimum atomic E-state index is 0.183. The van der Waals surface area contributed by atoms with Crippen LogP contribution in [0.4, 0.5) is 0 Å². The van der Waals surface area contributed by atoms with E-state index in [-0.39, 0.29) is 5.91 Å². The molecule has 0 bridgehead atoms. The van der Waals surface area contributed by atoms with Crippen LogP contribution in [0, 0.1) is 6.92 Å². The van der Waals surface area contributed by atoms with Gasteiger partial charge in [0.1, 0.15) is 0 Å². The van der Waals surface area contributed by atoms with Crippen LogP contribution in [0.15, 0.2) is 12.1 Å². The molecule has 1 amide bonds. The molecule has 1 aliphatic heterocycles. The lowest BCUT2D eigenvalue weighted by atomic mass is 10.0. The molecule has 0 saturated carbocycles. The Balaban J connectivity index is 1.95. The molecule has 1 saturated heterocycles. The summed E-state index contributed by atoms with van der Waals surface area (Å²) < 4.78 is 0. The van der Waals surface area contributed by atoms with Gasteiger partial charge in [0.05, 0.1) is 4.88 Å². The summed E-state index contributed by atoms with van der Waals surface area (Å²) >= 11 is 1.59. The molecular weight excluding hydrogens is 244 g/mol. The van der Waals surface area contributed by atoms with Crippen LogP contribution in [-0.4, -0.2) is 48.4 Å². The van der Waals surface area contributed by atoms with Crippen molar-refractivity contribution in [3.05, 3.63) is 21.9 Å². The van der Waals surface area contributed by atoms with Gasteiger partial charge in [-0.3, -0.25) is 4.79 Å². The largest absolute Gasteiger partial charge is 0.338 e. The molecule has 0 aromatic carbocycles. The van der Waals surface area contributed by atoms with E-state index in [0.29, 0.717) is 6.04 Å². The summed E-state index contributed by atoms with van der Waals surface area (Å²) in [7, 11) is 1.95. The maximum absolute atomic E-state index is 12.3. The van der Waals surface area contributed by atoms with Crippen molar-refractivity contribution < 1.29 is 4.79 Å². The molecule has 0 radical (unpaired) electrons. The SMILES string of the molecule is CCN1CCC(N(C)C(=O)c2ccc(C)s2)CC1. The van der Waals surface area contributed by atoms with E-state index in [4.69, 9.17) is 0 Å². The van der Waals surface area contributed by atoms with E-state index >= 15 is 0 Å². The van der Waals surface area contributed by atoms with Crippen LogP contribution in [0.25, 0.3) is 0 Å². The number of rotatable bonds is 3. The number of carbonyl (C=O) groups is 1. The summed E-state index contributed by atoms with van der Waals surface area (Å²) in [6.45, 7) is 7.59. The van der Waals surface area contributed by atoms with Crippen LogP contribution < -0.4 is 0 Å². The van der Waals surface area contributed by atoms with E-state index in [1.54, 1.807) is 11.3 Å². The highest BCUT2D eigenvalue weighted by atomic mass is 32.1. The van der Waals surface area contributed by atoms with Gasteiger partial charge < -0.3 is 9.80 Å². The van der Waals surface area contributed by atoms with Gasteiger partial charge in [-0.05, 0) is 38.4 Å². The third-order valence-corrected chi connectivity index (χ3v) is 4.81. The third-order valence-electron chi connectivity index (χ3n) is 3.82. The summed E-state index contributed by atoms with van der Waals surface area (Å²) in [6, 6.07) is 4.37. The van der Waals surface area contributed by atoms with Crippen LogP contribution in [0.1, 0.15) is 34.3 Å². The van der Waals surface area contributed by atoms with Crippen LogP contribution in [0.3, 0.4) is 0 Å². The zero-order valence-corrected chi connectivity index (χ0v) is 12.3. The van der Waals surface area contributed by atoms with Crippen molar-refractivity contribution in [1.82, 2.24) is 9.80 Å². The lowest BCUT2D eigenvalue weighted by Gasteiger charge is -2.36. The molecule has 0 unspecified atom stereocenters. The zero-order valence-electron chi connectivity index (χ0n) is 11.5. The van der Waals surface area contributed by atoms with Gasteiger partial charge in [0.2, 0.25) is 0 Å². The molecule has 1 aromatic rings. The molecule has 0 atom stereocenters. The number of likely N-dealkylation sites (tertiary alicyclic amines) is 1. The molecule has 1 fully saturated rings. The summed E-state index contributed by atoms with van der Waals surface area (Å²) in [5.41, 5.74) is 0. The summed E-state index contributed by atoms with van der Waals surface area (Å²) in [6.07, 6.45) is 2.20. The van der Waals surface area contributed by atoms with Gasteiger partial charge in [0.15, 0.2) is 0 Å². The Morgan fingerprint density at radius 1 is 1.44 bits per heavy atom. The molecule has 2 heterocycles. The molecule has 0 N–H and O–H groups in total. The predicted molar refractivity (Wildman–Crippen MR) is 76.3 cm³/mol. The first-order valence-corrected chi connectivity index (χ1v) is 7.49. The first-order chi connectivity index (χ1) is 8.61. The number of hydrogen-bond acceptors (Lipinski definition) is 3. The molecule has 0 spiro atoms. The molecule has 18 heavy (non-hydrogen) atoms. The van der Waals surface area contributed by atoms with E-state index in [2.05, 4.69) is 11.8 Å². The Morgan fingerprint density at radius 3 is 2.61 bits per heavy atom. The maximum Gasteiger partial charge on any atom is 0.263 e. The molecular formula is C14H22N2OS. The minimum absolute atomic E-state index is 0.183. The first kappa shape index (κ1) is 13.6. The predicted octanol–water partition coefficient (Wildman–Crippen LogP) is 2.61. The topological polar surface area (TPSA) is 23.6 Å². The van der Waals surface area contributed by atoms with Crippen LogP contribution >= 0.6 is 11.3 Å². The quantitative estimate of drug-likeness (QED) is 0.839. The number of amides is 1. The molecule has 1 aromatic heterocycles. The molecule has 4 heteroatoms. The maximum atomic E-state index is 12.3. The van der Waals surface area contributed by atoms with Crippen molar-refractivity contribution in [2.75, 3.05) is 26.7 Å². The van der Waals surface area contributed by atoms with Gasteiger partial charge in [0.25, 0.3) is 5.91 Å². The van der Waals surface area contributed by atoms with Crippen molar-refractivity contribution in [3.8, 4) is 0 Å². The van der Waals surface area contributed by atoms with Crippen molar-refractivity contribution in [2.24, 2.45) is 0 Å². The van der Waals surface area contributed by atoms with Crippen LogP contribution in [0.5, 0.6) is 0 Å². The first-order valence-electron chi connectivity index (χ1n) is 6.67. The fraction of sp³-hybridized carbons (Fsp3) is 0.643. The molecule has 1 aliphatic rings. The highest BCUT2D eigenvalue weighted by Gasteiger charge is 2.25. The Bertz CT molecular complexity index is 408. The second kappa shape index (κ2) is 5.85. The molecule has 2 rings (SSSR count). The highest BCUT2D eigenvalue weighted by molar-refractivity contribution is 7.13. The lowest BCUT2D eigenvalue weighted by molar-refractivity contribution is 0.0651. The number of thiophene rings is 1. The second-order valence-corrected chi connectivity index (χ2v) is 6.28. The Morgan fingerprint density at radius 2 is 2.11 bits per heavy atom. The summed E-state index contributed by atoms with van der Waals surface area (Å²) in [4.78, 5) is 18.8. The number of piperidine rings is 1. The van der Waals surface area contributed by atoms with Crippen molar-refractivity contribution >= 4 is 17.2 Å². The van der Waals surface area contributed by atoms with Gasteiger partial charge in [0, 0.05) is 31.1 Å². The fourth-order valence-electron chi connectivity index (χ4n) is 2.51. The summed E-state index contributed by atoms with van der Waals surface area (Å²) in [5, 5.41) is 0. The van der Waals surface area contributed by atoms with Crippen molar-refractivity contribution in [2.45, 2.75) is 32.7 Å². The van der Waals surface area contributed by atoms with E-state index < -0.39 is 0 Å². The van der Waals surface area contributed by atoms with Gasteiger partial charge in [-0.2, -0.15) is 0 Å². The number of nitrogens with zero attached hydrogens (tertiary/aromatic N) is 2. The van der Waals surface area contributed by atoms with Gasteiger partial charge >= 0.3 is 0 Å². The monoisotopic (exact) mass is 266 g/mol. The summed E-state index contributed by atoms with van der Waals surface area (Å²) in [5.74, 6) is 0.183.